The van der Waals surface area contributed by atoms with Gasteiger partial charge in [0.1, 0.15) is 0 Å². The van der Waals surface area contributed by atoms with E-state index in [1.165, 1.54) is 25.7 Å². The van der Waals surface area contributed by atoms with Gasteiger partial charge >= 0.3 is 0 Å². The van der Waals surface area contributed by atoms with Crippen molar-refractivity contribution in [2.24, 2.45) is 22.7 Å². The second-order valence-corrected chi connectivity index (χ2v) is 6.85. The van der Waals surface area contributed by atoms with E-state index in [4.69, 9.17) is 0 Å². The predicted molar refractivity (Wildman–Crippen MR) is 64.4 cm³/mol. The maximum Gasteiger partial charge on any atom is -0.0326 e. The molecule has 0 radical (unpaired) electrons. The molecule has 0 aliphatic heterocycles. The Kier molecular flexibility index (Phi) is 3.33. The molecule has 1 aliphatic rings. The highest BCUT2D eigenvalue weighted by Crippen LogP contribution is 2.51. The van der Waals surface area contributed by atoms with Crippen LogP contribution in [0.3, 0.4) is 0 Å². The molecule has 0 aromatic heterocycles. The van der Waals surface area contributed by atoms with Crippen molar-refractivity contribution in [3.05, 3.63) is 0 Å². The first kappa shape index (κ1) is 12.1. The second kappa shape index (κ2) is 3.87. The normalized spacial score (nSPS) is 29.6. The van der Waals surface area contributed by atoms with Gasteiger partial charge in [-0.3, -0.25) is 0 Å². The lowest BCUT2D eigenvalue weighted by molar-refractivity contribution is 0.0836. The molecule has 2 unspecified atom stereocenters. The first-order valence-electron chi connectivity index (χ1n) is 6.29. The molecule has 0 N–H and O–H groups in total. The summed E-state index contributed by atoms with van der Waals surface area (Å²) in [4.78, 5) is 0. The lowest BCUT2D eigenvalue weighted by Crippen LogP contribution is -2.33. The third-order valence-electron chi connectivity index (χ3n) is 4.54. The monoisotopic (exact) mass is 196 g/mol. The zero-order chi connectivity index (χ0) is 11.0. The standard InChI is InChI=1S/C14H28/c1-7-14(5,6)12-10-8-9-11(12)13(2,3)4/h11-12H,7-10H2,1-6H3. The molecule has 1 rings (SSSR count). The van der Waals surface area contributed by atoms with E-state index in [0.717, 1.165) is 11.8 Å². The van der Waals surface area contributed by atoms with Gasteiger partial charge in [-0.1, -0.05) is 54.4 Å². The fraction of sp³-hybridized carbons (Fsp3) is 1.00. The Morgan fingerprint density at radius 3 is 1.86 bits per heavy atom. The summed E-state index contributed by atoms with van der Waals surface area (Å²) in [6.07, 6.45) is 5.70. The first-order valence-corrected chi connectivity index (χ1v) is 6.29. The van der Waals surface area contributed by atoms with Crippen LogP contribution in [0.25, 0.3) is 0 Å². The van der Waals surface area contributed by atoms with Crippen LogP contribution in [0, 0.1) is 22.7 Å². The Hall–Kier alpha value is 0. The van der Waals surface area contributed by atoms with Gasteiger partial charge in [0.25, 0.3) is 0 Å². The molecule has 0 saturated heterocycles. The van der Waals surface area contributed by atoms with Gasteiger partial charge in [-0.2, -0.15) is 0 Å². The molecule has 84 valence electrons. The highest BCUT2D eigenvalue weighted by Gasteiger charge is 2.42. The van der Waals surface area contributed by atoms with Gasteiger partial charge in [0.15, 0.2) is 0 Å². The van der Waals surface area contributed by atoms with Crippen LogP contribution in [0.15, 0.2) is 0 Å². The minimum atomic E-state index is 0.508. The molecular formula is C14H28. The smallest absolute Gasteiger partial charge is 0.0326 e. The predicted octanol–water partition coefficient (Wildman–Crippen LogP) is 4.89. The van der Waals surface area contributed by atoms with Crippen LogP contribution in [-0.4, -0.2) is 0 Å². The van der Waals surface area contributed by atoms with E-state index in [2.05, 4.69) is 41.5 Å². The number of hydrogen-bond donors (Lipinski definition) is 0. The third-order valence-corrected chi connectivity index (χ3v) is 4.54. The lowest BCUT2D eigenvalue weighted by atomic mass is 9.64. The van der Waals surface area contributed by atoms with Gasteiger partial charge in [-0.15, -0.1) is 0 Å². The van der Waals surface area contributed by atoms with Gasteiger partial charge in [0.05, 0.1) is 0 Å². The highest BCUT2D eigenvalue weighted by atomic mass is 14.5. The van der Waals surface area contributed by atoms with Crippen molar-refractivity contribution in [3.8, 4) is 0 Å². The van der Waals surface area contributed by atoms with E-state index in [9.17, 15) is 0 Å². The van der Waals surface area contributed by atoms with Crippen molar-refractivity contribution in [1.82, 2.24) is 0 Å². The molecule has 0 heteroatoms. The van der Waals surface area contributed by atoms with Crippen LogP contribution in [0.5, 0.6) is 0 Å². The molecule has 0 amide bonds. The number of hydrogen-bond acceptors (Lipinski definition) is 0. The molecule has 0 aromatic carbocycles. The van der Waals surface area contributed by atoms with E-state index in [1.807, 2.05) is 0 Å². The third kappa shape index (κ3) is 2.32. The summed E-state index contributed by atoms with van der Waals surface area (Å²) in [5.41, 5.74) is 1.06. The summed E-state index contributed by atoms with van der Waals surface area (Å²) in [5, 5.41) is 0. The summed E-state index contributed by atoms with van der Waals surface area (Å²) < 4.78 is 0. The molecule has 0 nitrogen and oxygen atoms in total. The van der Waals surface area contributed by atoms with Gasteiger partial charge in [0, 0.05) is 0 Å². The zero-order valence-electron chi connectivity index (χ0n) is 11.0. The second-order valence-electron chi connectivity index (χ2n) is 6.85. The maximum absolute atomic E-state index is 2.46. The van der Waals surface area contributed by atoms with E-state index in [1.54, 1.807) is 0 Å². The Morgan fingerprint density at radius 1 is 0.929 bits per heavy atom. The summed E-state index contributed by atoms with van der Waals surface area (Å²) in [6.45, 7) is 14.5. The molecule has 1 saturated carbocycles. The molecule has 0 spiro atoms. The topological polar surface area (TPSA) is 0 Å². The van der Waals surface area contributed by atoms with Crippen LogP contribution in [0.1, 0.15) is 67.2 Å². The van der Waals surface area contributed by atoms with Crippen LogP contribution in [0.2, 0.25) is 0 Å². The van der Waals surface area contributed by atoms with Crippen LogP contribution >= 0.6 is 0 Å². The molecule has 1 fully saturated rings. The van der Waals surface area contributed by atoms with Crippen LogP contribution < -0.4 is 0 Å². The Balaban J connectivity index is 2.79. The van der Waals surface area contributed by atoms with Gasteiger partial charge in [0.2, 0.25) is 0 Å². The van der Waals surface area contributed by atoms with Gasteiger partial charge < -0.3 is 0 Å². The minimum Gasteiger partial charge on any atom is -0.0649 e. The van der Waals surface area contributed by atoms with Crippen molar-refractivity contribution in [2.75, 3.05) is 0 Å². The largest absolute Gasteiger partial charge is 0.0649 e. The Labute approximate surface area is 90.5 Å². The van der Waals surface area contributed by atoms with Crippen molar-refractivity contribution in [2.45, 2.75) is 67.2 Å². The minimum absolute atomic E-state index is 0.508. The Bertz CT molecular complexity index is 183. The van der Waals surface area contributed by atoms with Crippen LogP contribution in [0.4, 0.5) is 0 Å². The van der Waals surface area contributed by atoms with Crippen molar-refractivity contribution in [3.63, 3.8) is 0 Å². The van der Waals surface area contributed by atoms with E-state index < -0.39 is 0 Å². The summed E-state index contributed by atoms with van der Waals surface area (Å²) in [6, 6.07) is 0. The number of rotatable bonds is 2. The molecule has 1 aliphatic carbocycles. The average molecular weight is 196 g/mol. The molecular weight excluding hydrogens is 168 g/mol. The molecule has 0 bridgehead atoms. The highest BCUT2D eigenvalue weighted by molar-refractivity contribution is 4.92. The lowest BCUT2D eigenvalue weighted by Gasteiger charge is -2.41. The fourth-order valence-corrected chi connectivity index (χ4v) is 3.19. The van der Waals surface area contributed by atoms with Crippen molar-refractivity contribution in [1.29, 1.82) is 0 Å². The fourth-order valence-electron chi connectivity index (χ4n) is 3.19. The average Bonchev–Trinajstić information content (AvgIpc) is 2.51. The van der Waals surface area contributed by atoms with Crippen LogP contribution in [-0.2, 0) is 0 Å². The van der Waals surface area contributed by atoms with E-state index in [-0.39, 0.29) is 0 Å². The molecule has 2 atom stereocenters. The van der Waals surface area contributed by atoms with E-state index in [0.29, 0.717) is 10.8 Å². The molecule has 0 aromatic rings. The van der Waals surface area contributed by atoms with E-state index >= 15 is 0 Å². The molecule has 14 heavy (non-hydrogen) atoms. The Morgan fingerprint density at radius 2 is 1.43 bits per heavy atom. The summed E-state index contributed by atoms with van der Waals surface area (Å²) in [7, 11) is 0. The van der Waals surface area contributed by atoms with Crippen molar-refractivity contribution >= 4 is 0 Å². The van der Waals surface area contributed by atoms with Gasteiger partial charge in [-0.05, 0) is 35.5 Å². The SMILES string of the molecule is CCC(C)(C)C1CCCC1C(C)(C)C. The first-order chi connectivity index (χ1) is 6.29. The van der Waals surface area contributed by atoms with Crippen molar-refractivity contribution < 1.29 is 0 Å². The molecule has 0 heterocycles. The summed E-state index contributed by atoms with van der Waals surface area (Å²) in [5.74, 6) is 1.89. The zero-order valence-corrected chi connectivity index (χ0v) is 11.0. The van der Waals surface area contributed by atoms with Gasteiger partial charge in [-0.25, -0.2) is 0 Å². The summed E-state index contributed by atoms with van der Waals surface area (Å²) >= 11 is 0. The quantitative estimate of drug-likeness (QED) is 0.590. The maximum atomic E-state index is 2.46.